The van der Waals surface area contributed by atoms with Crippen molar-refractivity contribution in [1.29, 1.82) is 0 Å². The highest BCUT2D eigenvalue weighted by Crippen LogP contribution is 2.23. The second-order valence-corrected chi connectivity index (χ2v) is 6.21. The van der Waals surface area contributed by atoms with Gasteiger partial charge in [0.05, 0.1) is 0 Å². The third-order valence-electron chi connectivity index (χ3n) is 4.99. The van der Waals surface area contributed by atoms with Gasteiger partial charge in [-0.2, -0.15) is 0 Å². The Hall–Kier alpha value is -0.860. The molecule has 0 saturated carbocycles. The summed E-state index contributed by atoms with van der Waals surface area (Å²) in [5, 5.41) is 3.46. The second-order valence-electron chi connectivity index (χ2n) is 6.21. The minimum absolute atomic E-state index is 0.626. The van der Waals surface area contributed by atoms with E-state index in [4.69, 9.17) is 0 Å². The molecule has 20 heavy (non-hydrogen) atoms. The second kappa shape index (κ2) is 7.80. The van der Waals surface area contributed by atoms with Gasteiger partial charge >= 0.3 is 0 Å². The van der Waals surface area contributed by atoms with Crippen LogP contribution in [0.4, 0.5) is 0 Å². The Balaban J connectivity index is 1.80. The Morgan fingerprint density at radius 3 is 2.40 bits per heavy atom. The molecule has 1 heterocycles. The Morgan fingerprint density at radius 2 is 1.85 bits per heavy atom. The molecule has 1 N–H and O–H groups in total. The highest BCUT2D eigenvalue weighted by molar-refractivity contribution is 5.15. The van der Waals surface area contributed by atoms with Crippen LogP contribution in [0.5, 0.6) is 0 Å². The molecule has 0 aliphatic carbocycles. The van der Waals surface area contributed by atoms with E-state index in [1.165, 1.54) is 44.3 Å². The quantitative estimate of drug-likeness (QED) is 0.856. The fourth-order valence-electron chi connectivity index (χ4n) is 3.55. The van der Waals surface area contributed by atoms with Gasteiger partial charge in [0.1, 0.15) is 0 Å². The van der Waals surface area contributed by atoms with Gasteiger partial charge in [0.2, 0.25) is 0 Å². The van der Waals surface area contributed by atoms with Crippen molar-refractivity contribution >= 4 is 0 Å². The molecule has 2 rings (SSSR count). The number of benzene rings is 1. The molecule has 1 aromatic carbocycles. The zero-order chi connectivity index (χ0) is 14.4. The van der Waals surface area contributed by atoms with E-state index in [1.807, 2.05) is 0 Å². The smallest absolute Gasteiger partial charge is 0.0220 e. The predicted molar refractivity (Wildman–Crippen MR) is 87.0 cm³/mol. The van der Waals surface area contributed by atoms with Gasteiger partial charge in [-0.25, -0.2) is 0 Å². The first-order chi connectivity index (χ1) is 9.74. The lowest BCUT2D eigenvalue weighted by Gasteiger charge is -2.39. The number of likely N-dealkylation sites (tertiary alicyclic amines) is 1. The van der Waals surface area contributed by atoms with Gasteiger partial charge < -0.3 is 5.32 Å². The number of rotatable bonds is 6. The van der Waals surface area contributed by atoms with Crippen LogP contribution in [0.2, 0.25) is 0 Å². The zero-order valence-electron chi connectivity index (χ0n) is 13.3. The van der Waals surface area contributed by atoms with Crippen molar-refractivity contribution in [3.05, 3.63) is 35.9 Å². The van der Waals surface area contributed by atoms with Crippen LogP contribution in [0.25, 0.3) is 0 Å². The van der Waals surface area contributed by atoms with Gasteiger partial charge in [-0.15, -0.1) is 0 Å². The van der Waals surface area contributed by atoms with Crippen molar-refractivity contribution in [3.63, 3.8) is 0 Å². The molecule has 2 atom stereocenters. The molecule has 2 heteroatoms. The third kappa shape index (κ3) is 4.07. The molecule has 112 valence electrons. The van der Waals surface area contributed by atoms with Crippen LogP contribution in [0.15, 0.2) is 30.3 Å². The molecule has 0 spiro atoms. The number of piperidine rings is 1. The summed E-state index contributed by atoms with van der Waals surface area (Å²) in [7, 11) is 2.09. The monoisotopic (exact) mass is 274 g/mol. The number of hydrogen-bond donors (Lipinski definition) is 1. The van der Waals surface area contributed by atoms with E-state index in [1.54, 1.807) is 0 Å². The Labute approximate surface area is 124 Å². The average molecular weight is 274 g/mol. The fourth-order valence-corrected chi connectivity index (χ4v) is 3.55. The van der Waals surface area contributed by atoms with Crippen LogP contribution >= 0.6 is 0 Å². The summed E-state index contributed by atoms with van der Waals surface area (Å²) in [4.78, 5) is 2.67. The summed E-state index contributed by atoms with van der Waals surface area (Å²) in [5.74, 6) is 0.871. The molecule has 0 radical (unpaired) electrons. The molecular weight excluding hydrogens is 244 g/mol. The van der Waals surface area contributed by atoms with Gasteiger partial charge in [-0.3, -0.25) is 4.90 Å². The number of hydrogen-bond acceptors (Lipinski definition) is 2. The topological polar surface area (TPSA) is 15.3 Å². The molecule has 1 saturated heterocycles. The first-order valence-electron chi connectivity index (χ1n) is 8.19. The Kier molecular flexibility index (Phi) is 6.06. The lowest BCUT2D eigenvalue weighted by atomic mass is 9.89. The SMILES string of the molecule is CCC(NC)C(C)N1CCC(Cc2ccccc2)CC1. The molecular formula is C18H30N2. The van der Waals surface area contributed by atoms with E-state index in [0.29, 0.717) is 12.1 Å². The van der Waals surface area contributed by atoms with Crippen molar-refractivity contribution < 1.29 is 0 Å². The Morgan fingerprint density at radius 1 is 1.20 bits per heavy atom. The predicted octanol–water partition coefficient (Wildman–Crippen LogP) is 3.33. The van der Waals surface area contributed by atoms with Gasteiger partial charge in [0, 0.05) is 12.1 Å². The number of nitrogens with zero attached hydrogens (tertiary/aromatic N) is 1. The van der Waals surface area contributed by atoms with Crippen molar-refractivity contribution in [3.8, 4) is 0 Å². The lowest BCUT2D eigenvalue weighted by molar-refractivity contribution is 0.116. The van der Waals surface area contributed by atoms with Crippen molar-refractivity contribution in [2.75, 3.05) is 20.1 Å². The summed E-state index contributed by atoms with van der Waals surface area (Å²) in [5.41, 5.74) is 1.50. The fraction of sp³-hybridized carbons (Fsp3) is 0.667. The van der Waals surface area contributed by atoms with E-state index in [-0.39, 0.29) is 0 Å². The van der Waals surface area contributed by atoms with Crippen LogP contribution in [-0.2, 0) is 6.42 Å². The van der Waals surface area contributed by atoms with Crippen LogP contribution in [-0.4, -0.2) is 37.1 Å². The van der Waals surface area contributed by atoms with Gasteiger partial charge in [0.25, 0.3) is 0 Å². The molecule has 1 aliphatic heterocycles. The summed E-state index contributed by atoms with van der Waals surface area (Å²) in [6.45, 7) is 7.18. The normalized spacial score (nSPS) is 20.8. The molecule has 2 nitrogen and oxygen atoms in total. The maximum atomic E-state index is 3.46. The maximum Gasteiger partial charge on any atom is 0.0220 e. The average Bonchev–Trinajstić information content (AvgIpc) is 2.50. The first-order valence-corrected chi connectivity index (χ1v) is 8.19. The lowest BCUT2D eigenvalue weighted by Crippen LogP contribution is -2.50. The summed E-state index contributed by atoms with van der Waals surface area (Å²) >= 11 is 0. The standard InChI is InChI=1S/C18H30N2/c1-4-18(19-3)15(2)20-12-10-17(11-13-20)14-16-8-6-5-7-9-16/h5-9,15,17-19H,4,10-14H2,1-3H3. The molecule has 2 unspecified atom stereocenters. The maximum absolute atomic E-state index is 3.46. The van der Waals surface area contributed by atoms with Crippen LogP contribution < -0.4 is 5.32 Å². The molecule has 1 aliphatic rings. The summed E-state index contributed by atoms with van der Waals surface area (Å²) in [6, 6.07) is 12.2. The van der Waals surface area contributed by atoms with Gasteiger partial charge in [-0.1, -0.05) is 37.3 Å². The highest BCUT2D eigenvalue weighted by atomic mass is 15.2. The Bertz CT molecular complexity index is 364. The molecule has 1 fully saturated rings. The van der Waals surface area contributed by atoms with E-state index >= 15 is 0 Å². The zero-order valence-corrected chi connectivity index (χ0v) is 13.3. The van der Waals surface area contributed by atoms with Gasteiger partial charge in [-0.05, 0) is 64.2 Å². The molecule has 0 bridgehead atoms. The third-order valence-corrected chi connectivity index (χ3v) is 4.99. The van der Waals surface area contributed by atoms with Crippen molar-refractivity contribution in [2.24, 2.45) is 5.92 Å². The van der Waals surface area contributed by atoms with Crippen molar-refractivity contribution in [2.45, 2.75) is 51.6 Å². The van der Waals surface area contributed by atoms with Gasteiger partial charge in [0.15, 0.2) is 0 Å². The first kappa shape index (κ1) is 15.5. The minimum Gasteiger partial charge on any atom is -0.315 e. The summed E-state index contributed by atoms with van der Waals surface area (Å²) in [6.07, 6.45) is 5.16. The van der Waals surface area contributed by atoms with E-state index in [0.717, 1.165) is 5.92 Å². The summed E-state index contributed by atoms with van der Waals surface area (Å²) < 4.78 is 0. The largest absolute Gasteiger partial charge is 0.315 e. The number of nitrogens with one attached hydrogen (secondary N) is 1. The molecule has 1 aromatic rings. The van der Waals surface area contributed by atoms with Crippen LogP contribution in [0, 0.1) is 5.92 Å². The van der Waals surface area contributed by atoms with Crippen LogP contribution in [0.1, 0.15) is 38.7 Å². The number of likely N-dealkylation sites (N-methyl/N-ethyl adjacent to an activating group) is 1. The minimum atomic E-state index is 0.626. The highest BCUT2D eigenvalue weighted by Gasteiger charge is 2.26. The van der Waals surface area contributed by atoms with E-state index in [9.17, 15) is 0 Å². The molecule has 0 amide bonds. The van der Waals surface area contributed by atoms with E-state index < -0.39 is 0 Å². The molecule has 0 aromatic heterocycles. The van der Waals surface area contributed by atoms with E-state index in [2.05, 4.69) is 61.4 Å². The van der Waals surface area contributed by atoms with Crippen LogP contribution in [0.3, 0.4) is 0 Å². The van der Waals surface area contributed by atoms with Crippen molar-refractivity contribution in [1.82, 2.24) is 10.2 Å².